The van der Waals surface area contributed by atoms with Crippen LogP contribution < -0.4 is 15.2 Å². The number of carbonyl (C=O) groups excluding carboxylic acids is 1. The molecule has 0 spiro atoms. The minimum Gasteiger partial charge on any atom is -0.497 e. The number of ether oxygens (including phenoxy) is 2. The van der Waals surface area contributed by atoms with Crippen molar-refractivity contribution in [1.29, 1.82) is 0 Å². The molecular weight excluding hydrogens is 278 g/mol. The minimum atomic E-state index is -0.533. The number of ketones is 1. The van der Waals surface area contributed by atoms with Gasteiger partial charge in [0.15, 0.2) is 6.10 Å². The molecule has 0 bridgehead atoms. The second kappa shape index (κ2) is 6.98. The second-order valence-electron chi connectivity index (χ2n) is 5.13. The first kappa shape index (κ1) is 15.9. The highest BCUT2D eigenvalue weighted by Crippen LogP contribution is 2.22. The van der Waals surface area contributed by atoms with Crippen molar-refractivity contribution in [1.82, 2.24) is 0 Å². The van der Waals surface area contributed by atoms with Crippen LogP contribution in [-0.4, -0.2) is 19.0 Å². The maximum absolute atomic E-state index is 12.7. The van der Waals surface area contributed by atoms with E-state index in [2.05, 4.69) is 0 Å². The molecule has 0 saturated heterocycles. The first-order valence-electron chi connectivity index (χ1n) is 7.26. The number of Topliss-reactive ketones (excluding diaryl/α,β-unsaturated/α-hetero) is 1. The van der Waals surface area contributed by atoms with Gasteiger partial charge in [-0.25, -0.2) is 0 Å². The van der Waals surface area contributed by atoms with Crippen molar-refractivity contribution in [2.24, 2.45) is 0 Å². The molecular formula is C18H21NO3. The van der Waals surface area contributed by atoms with Gasteiger partial charge in [0.2, 0.25) is 5.78 Å². The van der Waals surface area contributed by atoms with Crippen LogP contribution in [0.5, 0.6) is 11.5 Å². The SMILES string of the molecule is CCC(Oc1cccc(N)c1)C(=O)c1ccc(OC)cc1C. The quantitative estimate of drug-likeness (QED) is 0.653. The molecule has 4 heteroatoms. The van der Waals surface area contributed by atoms with Crippen LogP contribution in [0.25, 0.3) is 0 Å². The van der Waals surface area contributed by atoms with E-state index in [1.165, 1.54) is 0 Å². The van der Waals surface area contributed by atoms with Gasteiger partial charge < -0.3 is 15.2 Å². The molecule has 22 heavy (non-hydrogen) atoms. The lowest BCUT2D eigenvalue weighted by atomic mass is 9.99. The number of hydrogen-bond acceptors (Lipinski definition) is 4. The first-order chi connectivity index (χ1) is 10.5. The zero-order valence-electron chi connectivity index (χ0n) is 13.1. The molecule has 0 aliphatic rings. The highest BCUT2D eigenvalue weighted by Gasteiger charge is 2.22. The number of benzene rings is 2. The molecule has 2 N–H and O–H groups in total. The summed E-state index contributed by atoms with van der Waals surface area (Å²) in [6, 6.07) is 12.5. The lowest BCUT2D eigenvalue weighted by molar-refractivity contribution is 0.0786. The molecule has 1 atom stereocenters. The minimum absolute atomic E-state index is 0.0370. The van der Waals surface area contributed by atoms with Gasteiger partial charge in [0, 0.05) is 17.3 Å². The van der Waals surface area contributed by atoms with Crippen molar-refractivity contribution >= 4 is 11.5 Å². The standard InChI is InChI=1S/C18H21NO3/c1-4-17(22-15-7-5-6-13(19)11-15)18(20)16-9-8-14(21-3)10-12(16)2/h5-11,17H,4,19H2,1-3H3. The Hall–Kier alpha value is -2.49. The Balaban J connectivity index is 2.22. The number of nitrogens with two attached hydrogens (primary N) is 1. The van der Waals surface area contributed by atoms with Gasteiger partial charge in [-0.1, -0.05) is 13.0 Å². The van der Waals surface area contributed by atoms with Gasteiger partial charge in [-0.05, 0) is 49.2 Å². The summed E-state index contributed by atoms with van der Waals surface area (Å²) in [5, 5.41) is 0. The van der Waals surface area contributed by atoms with Gasteiger partial charge in [-0.15, -0.1) is 0 Å². The van der Waals surface area contributed by atoms with E-state index in [9.17, 15) is 4.79 Å². The molecule has 0 aliphatic heterocycles. The van der Waals surface area contributed by atoms with E-state index in [0.29, 0.717) is 23.4 Å². The fourth-order valence-corrected chi connectivity index (χ4v) is 2.29. The van der Waals surface area contributed by atoms with Gasteiger partial charge in [0.25, 0.3) is 0 Å². The summed E-state index contributed by atoms with van der Waals surface area (Å²) in [5.74, 6) is 1.30. The van der Waals surface area contributed by atoms with Crippen LogP contribution in [-0.2, 0) is 0 Å². The molecule has 116 valence electrons. The topological polar surface area (TPSA) is 61.5 Å². The zero-order valence-corrected chi connectivity index (χ0v) is 13.1. The van der Waals surface area contributed by atoms with E-state index >= 15 is 0 Å². The third kappa shape index (κ3) is 3.58. The molecule has 0 saturated carbocycles. The average molecular weight is 299 g/mol. The average Bonchev–Trinajstić information content (AvgIpc) is 2.52. The molecule has 0 radical (unpaired) electrons. The van der Waals surface area contributed by atoms with Crippen LogP contribution in [0.2, 0.25) is 0 Å². The maximum Gasteiger partial charge on any atom is 0.203 e. The molecule has 2 rings (SSSR count). The summed E-state index contributed by atoms with van der Waals surface area (Å²) in [6.45, 7) is 3.82. The van der Waals surface area contributed by atoms with Crippen molar-refractivity contribution in [3.8, 4) is 11.5 Å². The smallest absolute Gasteiger partial charge is 0.203 e. The van der Waals surface area contributed by atoms with E-state index in [0.717, 1.165) is 11.3 Å². The second-order valence-corrected chi connectivity index (χ2v) is 5.13. The summed E-state index contributed by atoms with van der Waals surface area (Å²) in [7, 11) is 1.61. The van der Waals surface area contributed by atoms with Crippen LogP contribution in [0.1, 0.15) is 29.3 Å². The number of anilines is 1. The summed E-state index contributed by atoms with van der Waals surface area (Å²) in [6.07, 6.45) is 0.0490. The monoisotopic (exact) mass is 299 g/mol. The molecule has 2 aromatic carbocycles. The molecule has 2 aromatic rings. The van der Waals surface area contributed by atoms with Crippen LogP contribution in [0.15, 0.2) is 42.5 Å². The number of carbonyl (C=O) groups is 1. The van der Waals surface area contributed by atoms with E-state index < -0.39 is 6.10 Å². The Labute approximate surface area is 130 Å². The third-order valence-corrected chi connectivity index (χ3v) is 3.50. The van der Waals surface area contributed by atoms with Gasteiger partial charge in [-0.3, -0.25) is 4.79 Å². The first-order valence-corrected chi connectivity index (χ1v) is 7.26. The van der Waals surface area contributed by atoms with E-state index in [-0.39, 0.29) is 5.78 Å². The Kier molecular flexibility index (Phi) is 5.04. The summed E-state index contributed by atoms with van der Waals surface area (Å²) in [5.41, 5.74) is 7.88. The zero-order chi connectivity index (χ0) is 16.1. The summed E-state index contributed by atoms with van der Waals surface area (Å²) < 4.78 is 11.0. The third-order valence-electron chi connectivity index (χ3n) is 3.50. The number of aryl methyl sites for hydroxylation is 1. The van der Waals surface area contributed by atoms with Crippen molar-refractivity contribution in [2.75, 3.05) is 12.8 Å². The number of rotatable bonds is 6. The van der Waals surface area contributed by atoms with Crippen LogP contribution in [0.3, 0.4) is 0 Å². The number of hydrogen-bond donors (Lipinski definition) is 1. The Morgan fingerprint density at radius 1 is 1.18 bits per heavy atom. The van der Waals surface area contributed by atoms with Crippen LogP contribution >= 0.6 is 0 Å². The van der Waals surface area contributed by atoms with Gasteiger partial charge in [0.05, 0.1) is 7.11 Å². The summed E-state index contributed by atoms with van der Waals surface area (Å²) >= 11 is 0. The lowest BCUT2D eigenvalue weighted by Gasteiger charge is -2.18. The van der Waals surface area contributed by atoms with Crippen molar-refractivity contribution in [3.05, 3.63) is 53.6 Å². The molecule has 0 amide bonds. The highest BCUT2D eigenvalue weighted by atomic mass is 16.5. The molecule has 0 aromatic heterocycles. The fraction of sp³-hybridized carbons (Fsp3) is 0.278. The fourth-order valence-electron chi connectivity index (χ4n) is 2.29. The van der Waals surface area contributed by atoms with Gasteiger partial charge in [-0.2, -0.15) is 0 Å². The van der Waals surface area contributed by atoms with Crippen molar-refractivity contribution in [3.63, 3.8) is 0 Å². The summed E-state index contributed by atoms with van der Waals surface area (Å²) in [4.78, 5) is 12.7. The molecule has 4 nitrogen and oxygen atoms in total. The number of methoxy groups -OCH3 is 1. The predicted octanol–water partition coefficient (Wildman–Crippen LogP) is 3.63. The maximum atomic E-state index is 12.7. The molecule has 0 aliphatic carbocycles. The van der Waals surface area contributed by atoms with E-state index in [1.54, 1.807) is 43.5 Å². The Morgan fingerprint density at radius 3 is 2.55 bits per heavy atom. The Morgan fingerprint density at radius 2 is 1.95 bits per heavy atom. The number of nitrogen functional groups attached to an aromatic ring is 1. The molecule has 0 fully saturated rings. The van der Waals surface area contributed by atoms with Gasteiger partial charge in [0.1, 0.15) is 11.5 Å². The Bertz CT molecular complexity index is 667. The largest absolute Gasteiger partial charge is 0.497 e. The van der Waals surface area contributed by atoms with Crippen LogP contribution in [0.4, 0.5) is 5.69 Å². The molecule has 0 heterocycles. The molecule has 1 unspecified atom stereocenters. The van der Waals surface area contributed by atoms with E-state index in [1.807, 2.05) is 19.9 Å². The van der Waals surface area contributed by atoms with Crippen molar-refractivity contribution < 1.29 is 14.3 Å². The van der Waals surface area contributed by atoms with Crippen LogP contribution in [0, 0.1) is 6.92 Å². The van der Waals surface area contributed by atoms with E-state index in [4.69, 9.17) is 15.2 Å². The van der Waals surface area contributed by atoms with Gasteiger partial charge >= 0.3 is 0 Å². The lowest BCUT2D eigenvalue weighted by Crippen LogP contribution is -2.27. The normalized spacial score (nSPS) is 11.8. The highest BCUT2D eigenvalue weighted by molar-refractivity contribution is 6.01. The van der Waals surface area contributed by atoms with Crippen molar-refractivity contribution in [2.45, 2.75) is 26.4 Å². The predicted molar refractivity (Wildman–Crippen MR) is 87.6 cm³/mol.